The second-order valence-corrected chi connectivity index (χ2v) is 7.70. The van der Waals surface area contributed by atoms with E-state index in [1.165, 1.54) is 23.9 Å². The maximum atomic E-state index is 11.8. The summed E-state index contributed by atoms with van der Waals surface area (Å²) in [4.78, 5) is 22.7. The molecule has 2 N–H and O–H groups in total. The van der Waals surface area contributed by atoms with Crippen LogP contribution >= 0.6 is 27.7 Å². The molecule has 0 unspecified atom stereocenters. The fourth-order valence-electron chi connectivity index (χ4n) is 1.26. The number of carboxylic acids is 1. The first-order valence-corrected chi connectivity index (χ1v) is 7.43. The molecule has 0 bridgehead atoms. The molecule has 1 amide bonds. The number of benzene rings is 1. The average Bonchev–Trinajstić information content (AvgIpc) is 2.24. The topological polar surface area (TPSA) is 66.4 Å². The summed E-state index contributed by atoms with van der Waals surface area (Å²) in [5.41, 5.74) is 0.611. The van der Waals surface area contributed by atoms with Gasteiger partial charge in [0.25, 0.3) is 0 Å². The van der Waals surface area contributed by atoms with Crippen LogP contribution in [0.1, 0.15) is 31.1 Å². The van der Waals surface area contributed by atoms with Gasteiger partial charge in [-0.1, -0.05) is 36.7 Å². The van der Waals surface area contributed by atoms with Crippen LogP contribution in [0.25, 0.3) is 0 Å². The first kappa shape index (κ1) is 16.0. The van der Waals surface area contributed by atoms with Gasteiger partial charge in [0.05, 0.1) is 11.3 Å². The highest BCUT2D eigenvalue weighted by atomic mass is 79.9. The van der Waals surface area contributed by atoms with Gasteiger partial charge in [-0.05, 0) is 18.2 Å². The van der Waals surface area contributed by atoms with Crippen molar-refractivity contribution in [3.8, 4) is 0 Å². The van der Waals surface area contributed by atoms with Crippen LogP contribution in [0, 0.1) is 0 Å². The maximum absolute atomic E-state index is 11.8. The number of hydrogen-bond acceptors (Lipinski definition) is 3. The molecule has 0 spiro atoms. The van der Waals surface area contributed by atoms with E-state index in [1.54, 1.807) is 6.07 Å². The van der Waals surface area contributed by atoms with Crippen molar-refractivity contribution in [1.82, 2.24) is 0 Å². The number of hydrogen-bond donors (Lipinski definition) is 2. The second-order valence-electron chi connectivity index (χ2n) is 4.98. The van der Waals surface area contributed by atoms with E-state index in [-0.39, 0.29) is 16.2 Å². The number of thioether (sulfide) groups is 1. The molecular formula is C13H16BrNO3S. The number of anilines is 1. The van der Waals surface area contributed by atoms with Crippen molar-refractivity contribution in [3.05, 3.63) is 28.2 Å². The zero-order chi connectivity index (χ0) is 14.6. The standard InChI is InChI=1S/C13H16BrNO3S/c1-13(2,3)19-7-11(16)15-10-5-8(12(17)18)4-9(14)6-10/h4-6H,7H2,1-3H3,(H,15,16)(H,17,18). The van der Waals surface area contributed by atoms with E-state index in [4.69, 9.17) is 5.11 Å². The molecule has 0 aromatic heterocycles. The molecule has 6 heteroatoms. The predicted octanol–water partition coefficient (Wildman–Crippen LogP) is 3.62. The van der Waals surface area contributed by atoms with Crippen molar-refractivity contribution in [2.75, 3.05) is 11.1 Å². The molecule has 19 heavy (non-hydrogen) atoms. The molecule has 104 valence electrons. The number of aromatic carboxylic acids is 1. The Labute approximate surface area is 125 Å². The summed E-state index contributed by atoms with van der Waals surface area (Å²) in [6, 6.07) is 4.60. The van der Waals surface area contributed by atoms with Crippen LogP contribution in [0.3, 0.4) is 0 Å². The van der Waals surface area contributed by atoms with Crippen molar-refractivity contribution in [3.63, 3.8) is 0 Å². The number of carbonyl (C=O) groups excluding carboxylic acids is 1. The van der Waals surface area contributed by atoms with Gasteiger partial charge in [0.1, 0.15) is 0 Å². The minimum atomic E-state index is -1.03. The minimum absolute atomic E-state index is 0.0147. The summed E-state index contributed by atoms with van der Waals surface area (Å²) in [5, 5.41) is 11.6. The lowest BCUT2D eigenvalue weighted by Crippen LogP contribution is -2.19. The largest absolute Gasteiger partial charge is 0.478 e. The van der Waals surface area contributed by atoms with Gasteiger partial charge in [-0.2, -0.15) is 0 Å². The third-order valence-electron chi connectivity index (χ3n) is 2.06. The van der Waals surface area contributed by atoms with Crippen molar-refractivity contribution in [2.45, 2.75) is 25.5 Å². The van der Waals surface area contributed by atoms with Gasteiger partial charge < -0.3 is 10.4 Å². The Balaban J connectivity index is 2.71. The van der Waals surface area contributed by atoms with Crippen LogP contribution in [0.15, 0.2) is 22.7 Å². The van der Waals surface area contributed by atoms with Crippen LogP contribution in [0.2, 0.25) is 0 Å². The van der Waals surface area contributed by atoms with Crippen molar-refractivity contribution in [2.24, 2.45) is 0 Å². The minimum Gasteiger partial charge on any atom is -0.478 e. The van der Waals surface area contributed by atoms with E-state index in [0.717, 1.165) is 0 Å². The van der Waals surface area contributed by atoms with Gasteiger partial charge in [0.2, 0.25) is 5.91 Å². The lowest BCUT2D eigenvalue weighted by molar-refractivity contribution is -0.113. The second kappa shape index (κ2) is 6.43. The smallest absolute Gasteiger partial charge is 0.335 e. The molecule has 1 rings (SSSR count). The van der Waals surface area contributed by atoms with Gasteiger partial charge >= 0.3 is 5.97 Å². The van der Waals surface area contributed by atoms with E-state index in [9.17, 15) is 9.59 Å². The predicted molar refractivity (Wildman–Crippen MR) is 81.9 cm³/mol. The Kier molecular flexibility index (Phi) is 5.43. The summed E-state index contributed by atoms with van der Waals surface area (Å²) in [6.07, 6.45) is 0. The van der Waals surface area contributed by atoms with Crippen molar-refractivity contribution >= 4 is 45.3 Å². The Morgan fingerprint density at radius 3 is 2.47 bits per heavy atom. The first-order chi connectivity index (χ1) is 8.67. The van der Waals surface area contributed by atoms with Crippen LogP contribution < -0.4 is 5.32 Å². The molecule has 0 aliphatic carbocycles. The highest BCUT2D eigenvalue weighted by molar-refractivity contribution is 9.10. The van der Waals surface area contributed by atoms with E-state index >= 15 is 0 Å². The Hall–Kier alpha value is -1.01. The summed E-state index contributed by atoms with van der Waals surface area (Å²) in [6.45, 7) is 6.10. The van der Waals surface area contributed by atoms with Crippen molar-refractivity contribution < 1.29 is 14.7 Å². The van der Waals surface area contributed by atoms with Crippen LogP contribution in [-0.2, 0) is 4.79 Å². The lowest BCUT2D eigenvalue weighted by Gasteiger charge is -2.17. The van der Waals surface area contributed by atoms with Crippen LogP contribution in [0.5, 0.6) is 0 Å². The Morgan fingerprint density at radius 2 is 1.95 bits per heavy atom. The van der Waals surface area contributed by atoms with E-state index in [1.807, 2.05) is 20.8 Å². The van der Waals surface area contributed by atoms with Crippen LogP contribution in [-0.4, -0.2) is 27.5 Å². The molecule has 1 aromatic carbocycles. The van der Waals surface area contributed by atoms with Crippen molar-refractivity contribution in [1.29, 1.82) is 0 Å². The van der Waals surface area contributed by atoms with Gasteiger partial charge in [-0.3, -0.25) is 4.79 Å². The fraction of sp³-hybridized carbons (Fsp3) is 0.385. The lowest BCUT2D eigenvalue weighted by atomic mass is 10.2. The van der Waals surface area contributed by atoms with Gasteiger partial charge in [-0.15, -0.1) is 11.8 Å². The van der Waals surface area contributed by atoms with E-state index < -0.39 is 5.97 Å². The molecule has 1 aromatic rings. The molecular weight excluding hydrogens is 330 g/mol. The Bertz CT molecular complexity index is 497. The quantitative estimate of drug-likeness (QED) is 0.874. The summed E-state index contributed by atoms with van der Waals surface area (Å²) < 4.78 is 0.632. The molecule has 0 fully saturated rings. The van der Waals surface area contributed by atoms with Gasteiger partial charge in [0, 0.05) is 14.9 Å². The maximum Gasteiger partial charge on any atom is 0.335 e. The molecule has 0 aliphatic heterocycles. The fourth-order valence-corrected chi connectivity index (χ4v) is 2.39. The SMILES string of the molecule is CC(C)(C)SCC(=O)Nc1cc(Br)cc(C(=O)O)c1. The zero-order valence-electron chi connectivity index (χ0n) is 11.0. The number of carbonyl (C=O) groups is 2. The van der Waals surface area contributed by atoms with Gasteiger partial charge in [0.15, 0.2) is 0 Å². The molecule has 0 saturated heterocycles. The zero-order valence-corrected chi connectivity index (χ0v) is 13.4. The average molecular weight is 346 g/mol. The van der Waals surface area contributed by atoms with Gasteiger partial charge in [-0.25, -0.2) is 4.79 Å². The molecule has 0 saturated carbocycles. The Morgan fingerprint density at radius 1 is 1.32 bits per heavy atom. The summed E-state index contributed by atoms with van der Waals surface area (Å²) >= 11 is 4.76. The summed E-state index contributed by atoms with van der Waals surface area (Å²) in [7, 11) is 0. The van der Waals surface area contributed by atoms with Crippen LogP contribution in [0.4, 0.5) is 5.69 Å². The number of amides is 1. The summed E-state index contributed by atoms with van der Waals surface area (Å²) in [5.74, 6) is -0.839. The highest BCUT2D eigenvalue weighted by Crippen LogP contribution is 2.24. The number of halogens is 1. The molecule has 0 atom stereocenters. The van der Waals surface area contributed by atoms with E-state index in [0.29, 0.717) is 15.9 Å². The normalized spacial score (nSPS) is 11.2. The molecule has 0 radical (unpaired) electrons. The first-order valence-electron chi connectivity index (χ1n) is 5.65. The molecule has 0 heterocycles. The number of nitrogens with one attached hydrogen (secondary N) is 1. The van der Waals surface area contributed by atoms with E-state index in [2.05, 4.69) is 21.2 Å². The molecule has 4 nitrogen and oxygen atoms in total. The monoisotopic (exact) mass is 345 g/mol. The molecule has 0 aliphatic rings. The number of rotatable bonds is 4. The third kappa shape index (κ3) is 6.11. The highest BCUT2D eigenvalue weighted by Gasteiger charge is 2.14. The third-order valence-corrected chi connectivity index (χ3v) is 3.80. The number of carboxylic acid groups (broad SMARTS) is 1.